The number of hydrogen-bond donors (Lipinski definition) is 0. The van der Waals surface area contributed by atoms with Crippen molar-refractivity contribution in [2.75, 3.05) is 6.61 Å². The van der Waals surface area contributed by atoms with Crippen molar-refractivity contribution < 1.29 is 9.47 Å². The zero-order chi connectivity index (χ0) is 3.98. The molecular formula is C4H4O2. The summed E-state index contributed by atoms with van der Waals surface area (Å²) in [5.74, 6) is 1.02. The van der Waals surface area contributed by atoms with Crippen molar-refractivity contribution in [1.29, 1.82) is 0 Å². The molecule has 0 aromatic heterocycles. The summed E-state index contributed by atoms with van der Waals surface area (Å²) >= 11 is 0. The fraction of sp³-hybridized carbons (Fsp3) is 0.500. The van der Waals surface area contributed by atoms with Crippen LogP contribution < -0.4 is 0 Å². The van der Waals surface area contributed by atoms with E-state index < -0.39 is 0 Å². The molecule has 0 amide bonds. The van der Waals surface area contributed by atoms with E-state index in [2.05, 4.69) is 0 Å². The average molecular weight is 84.1 g/mol. The first-order valence-electron chi connectivity index (χ1n) is 1.95. The Bertz CT molecular complexity index is 102. The highest BCUT2D eigenvalue weighted by Crippen LogP contribution is 2.28. The van der Waals surface area contributed by atoms with Crippen LogP contribution >= 0.6 is 0 Å². The van der Waals surface area contributed by atoms with E-state index in [0.717, 1.165) is 12.4 Å². The molecule has 1 saturated heterocycles. The van der Waals surface area contributed by atoms with Crippen molar-refractivity contribution >= 4 is 0 Å². The molecule has 32 valence electrons. The van der Waals surface area contributed by atoms with Gasteiger partial charge in [-0.2, -0.15) is 0 Å². The van der Waals surface area contributed by atoms with Crippen LogP contribution in [0.1, 0.15) is 0 Å². The molecule has 2 heteroatoms. The fourth-order valence-corrected chi connectivity index (χ4v) is 0.398. The third-order valence-electron chi connectivity index (χ3n) is 0.905. The topological polar surface area (TPSA) is 25.1 Å². The summed E-state index contributed by atoms with van der Waals surface area (Å²) in [6.45, 7) is 0.867. The first kappa shape index (κ1) is 2.64. The molecule has 2 aliphatic rings. The summed E-state index contributed by atoms with van der Waals surface area (Å²) < 4.78 is 9.54. The summed E-state index contributed by atoms with van der Waals surface area (Å²) in [4.78, 5) is 0. The van der Waals surface area contributed by atoms with Gasteiger partial charge in [0.05, 0.1) is 6.61 Å². The Kier molecular flexibility index (Phi) is 0.268. The lowest BCUT2D eigenvalue weighted by molar-refractivity contribution is 0.386. The third-order valence-corrected chi connectivity index (χ3v) is 0.905. The molecule has 0 aromatic carbocycles. The van der Waals surface area contributed by atoms with E-state index in [1.807, 2.05) is 0 Å². The predicted molar refractivity (Wildman–Crippen MR) is 18.9 cm³/mol. The van der Waals surface area contributed by atoms with Gasteiger partial charge in [-0.15, -0.1) is 0 Å². The molecular weight excluding hydrogens is 80.0 g/mol. The minimum absolute atomic E-state index is 0.352. The van der Waals surface area contributed by atoms with Crippen molar-refractivity contribution in [2.24, 2.45) is 0 Å². The summed E-state index contributed by atoms with van der Waals surface area (Å²) in [6.07, 6.45) is 2.07. The van der Waals surface area contributed by atoms with Crippen LogP contribution in [-0.2, 0) is 9.47 Å². The Hall–Kier alpha value is -0.500. The minimum Gasteiger partial charge on any atom is -0.460 e. The molecule has 2 rings (SSSR count). The van der Waals surface area contributed by atoms with Gasteiger partial charge in [0.1, 0.15) is 12.4 Å². The van der Waals surface area contributed by atoms with Gasteiger partial charge in [0.2, 0.25) is 0 Å². The van der Waals surface area contributed by atoms with Crippen LogP contribution in [0, 0.1) is 0 Å². The van der Waals surface area contributed by atoms with Crippen LogP contribution in [0.3, 0.4) is 0 Å². The van der Waals surface area contributed by atoms with E-state index in [-0.39, 0.29) is 0 Å². The van der Waals surface area contributed by atoms with Gasteiger partial charge in [-0.05, 0) is 0 Å². The van der Waals surface area contributed by atoms with Crippen molar-refractivity contribution in [2.45, 2.75) is 6.10 Å². The molecule has 0 radical (unpaired) electrons. The van der Waals surface area contributed by atoms with Gasteiger partial charge < -0.3 is 9.47 Å². The number of ether oxygens (including phenoxy) is 2. The summed E-state index contributed by atoms with van der Waals surface area (Å²) in [7, 11) is 0. The van der Waals surface area contributed by atoms with E-state index in [4.69, 9.17) is 9.47 Å². The van der Waals surface area contributed by atoms with Gasteiger partial charge in [-0.1, -0.05) is 0 Å². The molecule has 0 bridgehead atoms. The molecule has 6 heavy (non-hydrogen) atoms. The second kappa shape index (κ2) is 0.611. The molecule has 2 nitrogen and oxygen atoms in total. The standard InChI is InChI=1S/C4H4O2/c1-3(5-1)4-2-6-4/h1,4H,2H2. The molecule has 0 aliphatic carbocycles. The zero-order valence-electron chi connectivity index (χ0n) is 3.18. The average Bonchev–Trinajstić information content (AvgIpc) is 2.26. The van der Waals surface area contributed by atoms with Crippen LogP contribution in [0.15, 0.2) is 12.0 Å². The normalized spacial score (nSPS) is 37.3. The highest BCUT2D eigenvalue weighted by atomic mass is 16.6. The van der Waals surface area contributed by atoms with Gasteiger partial charge in [0.15, 0.2) is 5.76 Å². The van der Waals surface area contributed by atoms with Gasteiger partial charge >= 0.3 is 0 Å². The predicted octanol–water partition coefficient (Wildman–Crippen LogP) is 0.257. The highest BCUT2D eigenvalue weighted by molar-refractivity contribution is 5.13. The molecule has 0 spiro atoms. The van der Waals surface area contributed by atoms with E-state index in [0.29, 0.717) is 6.10 Å². The largest absolute Gasteiger partial charge is 0.460 e. The monoisotopic (exact) mass is 84.0 g/mol. The highest BCUT2D eigenvalue weighted by Gasteiger charge is 2.34. The Morgan fingerprint density at radius 1 is 1.83 bits per heavy atom. The molecule has 2 aliphatic heterocycles. The van der Waals surface area contributed by atoms with E-state index >= 15 is 0 Å². The SMILES string of the molecule is C1=C(C2CO2)O1. The maximum absolute atomic E-state index is 4.84. The lowest BCUT2D eigenvalue weighted by Gasteiger charge is -1.67. The molecule has 0 saturated carbocycles. The minimum atomic E-state index is 0.352. The Balaban J connectivity index is 2.07. The maximum atomic E-state index is 4.84. The number of rotatable bonds is 1. The summed E-state index contributed by atoms with van der Waals surface area (Å²) in [5.41, 5.74) is 0. The van der Waals surface area contributed by atoms with Crippen LogP contribution in [0.25, 0.3) is 0 Å². The molecule has 1 fully saturated rings. The number of epoxide rings is 1. The summed E-state index contributed by atoms with van der Waals surface area (Å²) in [5, 5.41) is 0. The van der Waals surface area contributed by atoms with Crippen molar-refractivity contribution in [3.8, 4) is 0 Å². The van der Waals surface area contributed by atoms with Crippen molar-refractivity contribution in [3.63, 3.8) is 0 Å². The first-order chi connectivity index (χ1) is 2.97. The van der Waals surface area contributed by atoms with Gasteiger partial charge in [0.25, 0.3) is 0 Å². The lowest BCUT2D eigenvalue weighted by Crippen LogP contribution is -1.75. The molecule has 1 unspecified atom stereocenters. The second-order valence-electron chi connectivity index (χ2n) is 1.46. The zero-order valence-corrected chi connectivity index (χ0v) is 3.18. The van der Waals surface area contributed by atoms with Gasteiger partial charge in [0, 0.05) is 0 Å². The van der Waals surface area contributed by atoms with Gasteiger partial charge in [-0.25, -0.2) is 0 Å². The first-order valence-corrected chi connectivity index (χ1v) is 1.95. The van der Waals surface area contributed by atoms with E-state index in [9.17, 15) is 0 Å². The van der Waals surface area contributed by atoms with E-state index in [1.54, 1.807) is 6.26 Å². The Labute approximate surface area is 35.4 Å². The lowest BCUT2D eigenvalue weighted by atomic mass is 10.5. The Morgan fingerprint density at radius 2 is 2.50 bits per heavy atom. The van der Waals surface area contributed by atoms with Crippen molar-refractivity contribution in [1.82, 2.24) is 0 Å². The molecule has 2 heterocycles. The van der Waals surface area contributed by atoms with Crippen LogP contribution in [0.4, 0.5) is 0 Å². The summed E-state index contributed by atoms with van der Waals surface area (Å²) in [6, 6.07) is 0. The van der Waals surface area contributed by atoms with Crippen LogP contribution in [0.2, 0.25) is 0 Å². The van der Waals surface area contributed by atoms with E-state index in [1.165, 1.54) is 0 Å². The Morgan fingerprint density at radius 3 is 2.67 bits per heavy atom. The third kappa shape index (κ3) is 0.242. The van der Waals surface area contributed by atoms with Crippen LogP contribution in [-0.4, -0.2) is 12.7 Å². The molecule has 1 atom stereocenters. The fourth-order valence-electron chi connectivity index (χ4n) is 0.398. The smallest absolute Gasteiger partial charge is 0.169 e. The second-order valence-corrected chi connectivity index (χ2v) is 1.46. The molecule has 0 aromatic rings. The van der Waals surface area contributed by atoms with Crippen LogP contribution in [0.5, 0.6) is 0 Å². The number of hydrogen-bond acceptors (Lipinski definition) is 2. The molecule has 0 N–H and O–H groups in total. The van der Waals surface area contributed by atoms with Crippen molar-refractivity contribution in [3.05, 3.63) is 12.0 Å². The quantitative estimate of drug-likeness (QED) is 0.425. The maximum Gasteiger partial charge on any atom is 0.169 e. The van der Waals surface area contributed by atoms with Gasteiger partial charge in [-0.3, -0.25) is 0 Å².